The minimum absolute atomic E-state index is 0.115. The van der Waals surface area contributed by atoms with Crippen LogP contribution in [0.2, 0.25) is 0 Å². The molecular formula is C35H32N4O6. The Morgan fingerprint density at radius 3 is 2.67 bits per heavy atom. The minimum Gasteiger partial charge on any atom is -0.491 e. The lowest BCUT2D eigenvalue weighted by Gasteiger charge is -2.18. The summed E-state index contributed by atoms with van der Waals surface area (Å²) in [6.45, 7) is 1.40. The summed E-state index contributed by atoms with van der Waals surface area (Å²) in [5, 5.41) is 13.9. The van der Waals surface area contributed by atoms with Gasteiger partial charge in [-0.2, -0.15) is 0 Å². The van der Waals surface area contributed by atoms with Gasteiger partial charge in [-0.1, -0.05) is 54.6 Å². The number of nitrogens with zero attached hydrogens (tertiary/aromatic N) is 4. The van der Waals surface area contributed by atoms with Crippen LogP contribution in [-0.2, 0) is 16.1 Å². The van der Waals surface area contributed by atoms with E-state index in [0.717, 1.165) is 33.1 Å². The summed E-state index contributed by atoms with van der Waals surface area (Å²) >= 11 is 0. The van der Waals surface area contributed by atoms with Crippen LogP contribution in [0.5, 0.6) is 11.5 Å². The molecule has 0 aliphatic carbocycles. The quantitative estimate of drug-likeness (QED) is 0.216. The molecule has 0 unspecified atom stereocenters. The van der Waals surface area contributed by atoms with E-state index in [0.29, 0.717) is 35.9 Å². The second kappa shape index (κ2) is 12.4. The van der Waals surface area contributed by atoms with Crippen molar-refractivity contribution in [2.45, 2.75) is 18.8 Å². The van der Waals surface area contributed by atoms with Gasteiger partial charge in [-0.25, -0.2) is 14.8 Å². The van der Waals surface area contributed by atoms with E-state index in [1.54, 1.807) is 13.3 Å². The van der Waals surface area contributed by atoms with E-state index in [1.165, 1.54) is 4.90 Å². The van der Waals surface area contributed by atoms with Gasteiger partial charge in [0.15, 0.2) is 0 Å². The number of likely N-dealkylation sites (tertiary alicyclic amines) is 1. The van der Waals surface area contributed by atoms with Crippen molar-refractivity contribution in [2.75, 3.05) is 33.4 Å². The van der Waals surface area contributed by atoms with Crippen LogP contribution in [0, 0.1) is 0 Å². The molecule has 1 N–H and O–H groups in total. The van der Waals surface area contributed by atoms with E-state index >= 15 is 0 Å². The average molecular weight is 605 g/mol. The Morgan fingerprint density at radius 1 is 0.933 bits per heavy atom. The van der Waals surface area contributed by atoms with Crippen molar-refractivity contribution in [2.24, 2.45) is 0 Å². The molecule has 10 heteroatoms. The SMILES string of the molecule is COCCOc1ccn2c(-c3ccc4cccc(O[C@@H]5CN(C(=O)OCc6ccc7ccccc7c6)C[C@H]5O)c4n3)cnc2c1. The van der Waals surface area contributed by atoms with Crippen molar-refractivity contribution in [3.63, 3.8) is 0 Å². The van der Waals surface area contributed by atoms with Crippen LogP contribution < -0.4 is 9.47 Å². The number of aromatic nitrogens is 3. The van der Waals surface area contributed by atoms with Gasteiger partial charge in [0.2, 0.25) is 0 Å². The second-order valence-corrected chi connectivity index (χ2v) is 11.0. The van der Waals surface area contributed by atoms with Crippen LogP contribution in [0.25, 0.3) is 38.7 Å². The summed E-state index contributed by atoms with van der Waals surface area (Å²) in [5.41, 5.74) is 3.80. The van der Waals surface area contributed by atoms with Crippen molar-refractivity contribution in [3.8, 4) is 22.9 Å². The first-order chi connectivity index (χ1) is 22.1. The fourth-order valence-corrected chi connectivity index (χ4v) is 5.59. The Balaban J connectivity index is 1.05. The molecule has 0 bridgehead atoms. The second-order valence-electron chi connectivity index (χ2n) is 11.0. The average Bonchev–Trinajstić information content (AvgIpc) is 3.66. The monoisotopic (exact) mass is 604 g/mol. The van der Waals surface area contributed by atoms with Gasteiger partial charge < -0.3 is 29.0 Å². The van der Waals surface area contributed by atoms with Crippen LogP contribution in [0.3, 0.4) is 0 Å². The van der Waals surface area contributed by atoms with Gasteiger partial charge in [-0.15, -0.1) is 0 Å². The van der Waals surface area contributed by atoms with E-state index < -0.39 is 18.3 Å². The van der Waals surface area contributed by atoms with Crippen molar-refractivity contribution >= 4 is 33.4 Å². The Hall–Kier alpha value is -5.19. The molecule has 6 aromatic rings. The fraction of sp³-hybridized carbons (Fsp3) is 0.229. The molecule has 0 saturated carbocycles. The van der Waals surface area contributed by atoms with Crippen LogP contribution >= 0.6 is 0 Å². The highest BCUT2D eigenvalue weighted by atomic mass is 16.6. The lowest BCUT2D eigenvalue weighted by Crippen LogP contribution is -2.31. The van der Waals surface area contributed by atoms with Crippen molar-refractivity contribution in [1.82, 2.24) is 19.3 Å². The molecule has 3 aromatic heterocycles. The molecule has 1 aliphatic heterocycles. The summed E-state index contributed by atoms with van der Waals surface area (Å²) in [6.07, 6.45) is 1.66. The molecule has 0 radical (unpaired) electrons. The molecule has 4 heterocycles. The van der Waals surface area contributed by atoms with E-state index in [4.69, 9.17) is 23.9 Å². The maximum Gasteiger partial charge on any atom is 0.410 e. The van der Waals surface area contributed by atoms with Crippen molar-refractivity contribution in [3.05, 3.63) is 103 Å². The predicted octanol–water partition coefficient (Wildman–Crippen LogP) is 5.49. The normalized spacial score (nSPS) is 16.4. The fourth-order valence-electron chi connectivity index (χ4n) is 5.59. The van der Waals surface area contributed by atoms with Gasteiger partial charge in [-0.05, 0) is 40.6 Å². The zero-order valence-electron chi connectivity index (χ0n) is 24.7. The highest BCUT2D eigenvalue weighted by Gasteiger charge is 2.37. The lowest BCUT2D eigenvalue weighted by atomic mass is 10.1. The topological polar surface area (TPSA) is 108 Å². The number of hydrogen-bond donors (Lipinski definition) is 1. The predicted molar refractivity (Wildman–Crippen MR) is 169 cm³/mol. The number of carbonyl (C=O) groups excluding carboxylic acids is 1. The first-order valence-corrected chi connectivity index (χ1v) is 14.8. The number of aliphatic hydroxyl groups is 1. The van der Waals surface area contributed by atoms with Gasteiger partial charge in [0.1, 0.15) is 48.1 Å². The number of hydrogen-bond acceptors (Lipinski definition) is 8. The highest BCUT2D eigenvalue weighted by molar-refractivity contribution is 5.87. The number of pyridine rings is 2. The number of β-amino-alcohol motifs (C(OH)–C–C–N with tert-alkyl or cyclic N) is 1. The van der Waals surface area contributed by atoms with Gasteiger partial charge in [0.25, 0.3) is 0 Å². The van der Waals surface area contributed by atoms with Crippen LogP contribution in [-0.4, -0.2) is 76.1 Å². The Bertz CT molecular complexity index is 1990. The van der Waals surface area contributed by atoms with Gasteiger partial charge in [-0.3, -0.25) is 4.40 Å². The third-order valence-corrected chi connectivity index (χ3v) is 7.94. The number of methoxy groups -OCH3 is 1. The maximum absolute atomic E-state index is 12.9. The number of benzene rings is 3. The minimum atomic E-state index is -0.879. The first kappa shape index (κ1) is 28.6. The molecule has 1 fully saturated rings. The van der Waals surface area contributed by atoms with Crippen LogP contribution in [0.15, 0.2) is 97.3 Å². The zero-order chi connectivity index (χ0) is 30.8. The third kappa shape index (κ3) is 5.98. The number of para-hydroxylation sites is 1. The summed E-state index contributed by atoms with van der Waals surface area (Å²) in [7, 11) is 1.64. The smallest absolute Gasteiger partial charge is 0.410 e. The van der Waals surface area contributed by atoms with Crippen LogP contribution in [0.1, 0.15) is 5.56 Å². The molecule has 1 amide bonds. The molecule has 7 rings (SSSR count). The molecule has 0 spiro atoms. The molecule has 3 aromatic carbocycles. The highest BCUT2D eigenvalue weighted by Crippen LogP contribution is 2.30. The van der Waals surface area contributed by atoms with Crippen molar-refractivity contribution in [1.29, 1.82) is 0 Å². The third-order valence-electron chi connectivity index (χ3n) is 7.94. The summed E-state index contributed by atoms with van der Waals surface area (Å²) in [6, 6.07) is 27.3. The maximum atomic E-state index is 12.9. The van der Waals surface area contributed by atoms with Gasteiger partial charge in [0.05, 0.1) is 37.3 Å². The van der Waals surface area contributed by atoms with E-state index in [2.05, 4.69) is 4.98 Å². The number of amides is 1. The summed E-state index contributed by atoms with van der Waals surface area (Å²) < 4.78 is 24.6. The van der Waals surface area contributed by atoms with Gasteiger partial charge in [0, 0.05) is 24.8 Å². The molecular weight excluding hydrogens is 572 g/mol. The number of rotatable bonds is 9. The number of fused-ring (bicyclic) bond motifs is 3. The summed E-state index contributed by atoms with van der Waals surface area (Å²) in [4.78, 5) is 23.9. The summed E-state index contributed by atoms with van der Waals surface area (Å²) in [5.74, 6) is 1.23. The first-order valence-electron chi connectivity index (χ1n) is 14.8. The number of imidazole rings is 1. The largest absolute Gasteiger partial charge is 0.491 e. The standard InChI is InChI=1S/C35H32N4O6/c1-42-15-16-43-27-13-14-39-29(19-36-33(39)18-27)28-12-11-25-7-4-8-31(34(25)37-28)45-32-21-38(20-30(32)40)35(41)44-22-23-9-10-24-5-2-3-6-26(24)17-23/h2-14,17-19,30,32,40H,15-16,20-22H2,1H3/t30-,32-/m1/s1. The molecule has 45 heavy (non-hydrogen) atoms. The Labute approximate surface area is 259 Å². The number of aliphatic hydroxyl groups excluding tert-OH is 1. The van der Waals surface area contributed by atoms with E-state index in [1.807, 2.05) is 95.5 Å². The van der Waals surface area contributed by atoms with Crippen LogP contribution in [0.4, 0.5) is 4.79 Å². The number of ether oxygens (including phenoxy) is 4. The Kier molecular flexibility index (Phi) is 7.89. The van der Waals surface area contributed by atoms with Gasteiger partial charge >= 0.3 is 6.09 Å². The molecule has 1 aliphatic rings. The molecule has 2 atom stereocenters. The zero-order valence-corrected chi connectivity index (χ0v) is 24.7. The Morgan fingerprint density at radius 2 is 1.78 bits per heavy atom. The van der Waals surface area contributed by atoms with E-state index in [9.17, 15) is 9.90 Å². The molecule has 228 valence electrons. The number of carbonyl (C=O) groups is 1. The van der Waals surface area contributed by atoms with Crippen molar-refractivity contribution < 1.29 is 28.8 Å². The lowest BCUT2D eigenvalue weighted by molar-refractivity contribution is 0.0744. The molecule has 1 saturated heterocycles. The van der Waals surface area contributed by atoms with E-state index in [-0.39, 0.29) is 19.7 Å². The molecule has 10 nitrogen and oxygen atoms in total.